The molecule has 122 valence electrons. The molecule has 1 saturated heterocycles. The lowest BCUT2D eigenvalue weighted by atomic mass is 10.0. The van der Waals surface area contributed by atoms with Crippen LogP contribution in [0.25, 0.3) is 5.69 Å². The molecule has 2 N–H and O–H groups in total. The Balaban J connectivity index is 1.66. The summed E-state index contributed by atoms with van der Waals surface area (Å²) in [6.45, 7) is 3.07. The molecule has 2 atom stereocenters. The fourth-order valence-electron chi connectivity index (χ4n) is 2.85. The molecule has 6 nitrogen and oxygen atoms in total. The number of benzene rings is 1. The molecule has 1 aliphatic rings. The highest BCUT2D eigenvalue weighted by Gasteiger charge is 2.21. The first kappa shape index (κ1) is 15.6. The van der Waals surface area contributed by atoms with Crippen molar-refractivity contribution in [3.8, 4) is 11.4 Å². The Hall–Kier alpha value is -2.34. The van der Waals surface area contributed by atoms with E-state index in [1.54, 1.807) is 24.1 Å². The Morgan fingerprint density at radius 3 is 2.83 bits per heavy atom. The molecule has 2 aromatic rings. The van der Waals surface area contributed by atoms with E-state index in [9.17, 15) is 4.79 Å². The van der Waals surface area contributed by atoms with Crippen LogP contribution < -0.4 is 15.4 Å². The quantitative estimate of drug-likeness (QED) is 0.902. The van der Waals surface area contributed by atoms with E-state index >= 15 is 0 Å². The predicted octanol–water partition coefficient (Wildman–Crippen LogP) is 1.75. The normalized spacial score (nSPS) is 21.0. The standard InChI is InChI=1S/C17H22N4O2/c1-12-11-13(7-9-18-12)19-17(22)16-8-10-21(20-16)14-3-5-15(23-2)6-4-14/h3-6,8,10,12-13,18H,7,9,11H2,1-2H3,(H,19,22). The molecule has 0 saturated carbocycles. The maximum Gasteiger partial charge on any atom is 0.272 e. The van der Waals surface area contributed by atoms with Crippen LogP contribution in [0.2, 0.25) is 0 Å². The van der Waals surface area contributed by atoms with Crippen LogP contribution in [0, 0.1) is 0 Å². The number of hydrogen-bond donors (Lipinski definition) is 2. The number of carbonyl (C=O) groups is 1. The van der Waals surface area contributed by atoms with Crippen molar-refractivity contribution in [3.05, 3.63) is 42.2 Å². The fraction of sp³-hybridized carbons (Fsp3) is 0.412. The van der Waals surface area contributed by atoms with Crippen LogP contribution in [0.4, 0.5) is 0 Å². The second-order valence-corrected chi connectivity index (χ2v) is 5.89. The third-order valence-electron chi connectivity index (χ3n) is 4.12. The van der Waals surface area contributed by atoms with Gasteiger partial charge in [-0.25, -0.2) is 4.68 Å². The highest BCUT2D eigenvalue weighted by molar-refractivity contribution is 5.92. The Morgan fingerprint density at radius 1 is 1.35 bits per heavy atom. The summed E-state index contributed by atoms with van der Waals surface area (Å²) >= 11 is 0. The summed E-state index contributed by atoms with van der Waals surface area (Å²) in [5.41, 5.74) is 1.33. The van der Waals surface area contributed by atoms with Crippen molar-refractivity contribution >= 4 is 5.91 Å². The molecule has 0 spiro atoms. The molecule has 0 aliphatic carbocycles. The summed E-state index contributed by atoms with van der Waals surface area (Å²) in [6.07, 6.45) is 3.70. The lowest BCUT2D eigenvalue weighted by Gasteiger charge is -2.28. The van der Waals surface area contributed by atoms with Gasteiger partial charge in [0.05, 0.1) is 12.8 Å². The van der Waals surface area contributed by atoms with Crippen LogP contribution in [0.1, 0.15) is 30.3 Å². The van der Waals surface area contributed by atoms with E-state index in [2.05, 4.69) is 22.7 Å². The summed E-state index contributed by atoms with van der Waals surface area (Å²) in [7, 11) is 1.63. The average molecular weight is 314 g/mol. The van der Waals surface area contributed by atoms with E-state index in [-0.39, 0.29) is 11.9 Å². The molecule has 1 aromatic carbocycles. The molecule has 0 bridgehead atoms. The van der Waals surface area contributed by atoms with E-state index in [1.807, 2.05) is 24.3 Å². The SMILES string of the molecule is COc1ccc(-n2ccc(C(=O)NC3CCNC(C)C3)n2)cc1. The monoisotopic (exact) mass is 314 g/mol. The van der Waals surface area contributed by atoms with Gasteiger partial charge in [-0.05, 0) is 56.6 Å². The van der Waals surface area contributed by atoms with Gasteiger partial charge in [-0.3, -0.25) is 4.79 Å². The number of rotatable bonds is 4. The minimum atomic E-state index is -0.114. The summed E-state index contributed by atoms with van der Waals surface area (Å²) in [5, 5.41) is 10.8. The minimum absolute atomic E-state index is 0.114. The van der Waals surface area contributed by atoms with E-state index in [0.29, 0.717) is 11.7 Å². The largest absolute Gasteiger partial charge is 0.497 e. The zero-order valence-electron chi connectivity index (χ0n) is 13.5. The Labute approximate surface area is 135 Å². The number of hydrogen-bond acceptors (Lipinski definition) is 4. The molecule has 6 heteroatoms. The van der Waals surface area contributed by atoms with E-state index in [4.69, 9.17) is 4.74 Å². The second-order valence-electron chi connectivity index (χ2n) is 5.89. The highest BCUT2D eigenvalue weighted by Crippen LogP contribution is 2.15. The van der Waals surface area contributed by atoms with Crippen LogP contribution in [0.5, 0.6) is 5.75 Å². The van der Waals surface area contributed by atoms with Crippen LogP contribution in [0.15, 0.2) is 36.5 Å². The Bertz CT molecular complexity index is 665. The number of nitrogens with zero attached hydrogens (tertiary/aromatic N) is 2. The summed E-state index contributed by atoms with van der Waals surface area (Å²) in [4.78, 5) is 12.3. The Morgan fingerprint density at radius 2 is 2.13 bits per heavy atom. The first-order chi connectivity index (χ1) is 11.2. The van der Waals surface area contributed by atoms with Crippen molar-refractivity contribution in [2.75, 3.05) is 13.7 Å². The number of nitrogens with one attached hydrogen (secondary N) is 2. The van der Waals surface area contributed by atoms with Crippen LogP contribution in [0.3, 0.4) is 0 Å². The Kier molecular flexibility index (Phi) is 4.62. The van der Waals surface area contributed by atoms with Crippen molar-refractivity contribution in [2.24, 2.45) is 0 Å². The summed E-state index contributed by atoms with van der Waals surface area (Å²) in [6, 6.07) is 9.94. The number of ether oxygens (including phenoxy) is 1. The molecule has 2 unspecified atom stereocenters. The third kappa shape index (κ3) is 3.71. The molecule has 1 amide bonds. The lowest BCUT2D eigenvalue weighted by molar-refractivity contribution is 0.0920. The lowest BCUT2D eigenvalue weighted by Crippen LogP contribution is -2.46. The van der Waals surface area contributed by atoms with Gasteiger partial charge in [0.1, 0.15) is 5.75 Å². The second kappa shape index (κ2) is 6.83. The number of carbonyl (C=O) groups excluding carboxylic acids is 1. The highest BCUT2D eigenvalue weighted by atomic mass is 16.5. The van der Waals surface area contributed by atoms with Crippen molar-refractivity contribution in [1.29, 1.82) is 0 Å². The van der Waals surface area contributed by atoms with Gasteiger partial charge in [0, 0.05) is 18.3 Å². The molecule has 1 aromatic heterocycles. The summed E-state index contributed by atoms with van der Waals surface area (Å²) in [5.74, 6) is 0.676. The van der Waals surface area contributed by atoms with Gasteiger partial charge in [-0.1, -0.05) is 0 Å². The van der Waals surface area contributed by atoms with Gasteiger partial charge in [0.25, 0.3) is 5.91 Å². The van der Waals surface area contributed by atoms with Gasteiger partial charge in [0.15, 0.2) is 5.69 Å². The number of methoxy groups -OCH3 is 1. The number of amides is 1. The molecular formula is C17H22N4O2. The van der Waals surface area contributed by atoms with Crippen LogP contribution in [-0.4, -0.2) is 41.4 Å². The van der Waals surface area contributed by atoms with Gasteiger partial charge >= 0.3 is 0 Å². The molecule has 3 rings (SSSR count). The van der Waals surface area contributed by atoms with Crippen molar-refractivity contribution in [3.63, 3.8) is 0 Å². The first-order valence-corrected chi connectivity index (χ1v) is 7.90. The minimum Gasteiger partial charge on any atom is -0.497 e. The molecule has 1 fully saturated rings. The van der Waals surface area contributed by atoms with E-state index in [0.717, 1.165) is 30.8 Å². The first-order valence-electron chi connectivity index (χ1n) is 7.90. The fourth-order valence-corrected chi connectivity index (χ4v) is 2.85. The number of piperidine rings is 1. The van der Waals surface area contributed by atoms with E-state index in [1.165, 1.54) is 0 Å². The van der Waals surface area contributed by atoms with Gasteiger partial charge in [0.2, 0.25) is 0 Å². The van der Waals surface area contributed by atoms with Crippen molar-refractivity contribution < 1.29 is 9.53 Å². The van der Waals surface area contributed by atoms with Crippen LogP contribution >= 0.6 is 0 Å². The van der Waals surface area contributed by atoms with Crippen molar-refractivity contribution in [2.45, 2.75) is 31.8 Å². The zero-order valence-corrected chi connectivity index (χ0v) is 13.5. The van der Waals surface area contributed by atoms with Gasteiger partial charge < -0.3 is 15.4 Å². The maximum absolute atomic E-state index is 12.3. The molecule has 2 heterocycles. The third-order valence-corrected chi connectivity index (χ3v) is 4.12. The molecule has 23 heavy (non-hydrogen) atoms. The van der Waals surface area contributed by atoms with E-state index < -0.39 is 0 Å². The van der Waals surface area contributed by atoms with Crippen molar-refractivity contribution in [1.82, 2.24) is 20.4 Å². The summed E-state index contributed by atoms with van der Waals surface area (Å²) < 4.78 is 6.84. The molecule has 1 aliphatic heterocycles. The van der Waals surface area contributed by atoms with Gasteiger partial charge in [-0.15, -0.1) is 0 Å². The predicted molar refractivity (Wildman–Crippen MR) is 88.1 cm³/mol. The average Bonchev–Trinajstić information content (AvgIpc) is 3.05. The topological polar surface area (TPSA) is 68.2 Å². The smallest absolute Gasteiger partial charge is 0.272 e. The maximum atomic E-state index is 12.3. The molecule has 0 radical (unpaired) electrons. The van der Waals surface area contributed by atoms with Gasteiger partial charge in [-0.2, -0.15) is 5.10 Å². The molecular weight excluding hydrogens is 292 g/mol. The zero-order chi connectivity index (χ0) is 16.2. The number of aromatic nitrogens is 2. The van der Waals surface area contributed by atoms with Crippen LogP contribution in [-0.2, 0) is 0 Å².